The second kappa shape index (κ2) is 11.3. The molecular formula is C20H39N3O4. The number of carboxylic acids is 1. The van der Waals surface area contributed by atoms with E-state index in [1.165, 1.54) is 16.8 Å². The summed E-state index contributed by atoms with van der Waals surface area (Å²) in [6.07, 6.45) is 1.15. The number of hydrogen-bond donors (Lipinski definition) is 2. The molecule has 0 saturated heterocycles. The summed E-state index contributed by atoms with van der Waals surface area (Å²) in [4.78, 5) is 40.5. The molecule has 0 aliphatic rings. The number of carbonyl (C=O) groups is 3. The molecule has 0 unspecified atom stereocenters. The van der Waals surface area contributed by atoms with Crippen molar-refractivity contribution in [2.45, 2.75) is 72.5 Å². The molecule has 0 rings (SSSR count). The molecule has 0 spiro atoms. The van der Waals surface area contributed by atoms with Gasteiger partial charge in [-0.1, -0.05) is 41.5 Å². The minimum Gasteiger partial charge on any atom is -0.480 e. The normalized spacial score (nSPS) is 15.0. The summed E-state index contributed by atoms with van der Waals surface area (Å²) in [6.45, 7) is 11.6. The van der Waals surface area contributed by atoms with Gasteiger partial charge >= 0.3 is 5.97 Å². The van der Waals surface area contributed by atoms with E-state index in [4.69, 9.17) is 0 Å². The van der Waals surface area contributed by atoms with Gasteiger partial charge < -0.3 is 20.2 Å². The Kier molecular flexibility index (Phi) is 10.6. The Hall–Kier alpha value is -1.63. The molecule has 7 nitrogen and oxygen atoms in total. The van der Waals surface area contributed by atoms with Gasteiger partial charge in [0.1, 0.15) is 12.1 Å². The highest BCUT2D eigenvalue weighted by molar-refractivity contribution is 5.91. The number of likely N-dealkylation sites (N-methyl/N-ethyl adjacent to an activating group) is 3. The number of nitrogens with one attached hydrogen (secondary N) is 1. The quantitative estimate of drug-likeness (QED) is 0.568. The molecule has 0 fully saturated rings. The van der Waals surface area contributed by atoms with Gasteiger partial charge in [0.2, 0.25) is 11.8 Å². The number of rotatable bonds is 11. The van der Waals surface area contributed by atoms with Crippen LogP contribution in [0.5, 0.6) is 0 Å². The number of carboxylic acid groups (broad SMARTS) is 1. The Labute approximate surface area is 164 Å². The smallest absolute Gasteiger partial charge is 0.326 e. The van der Waals surface area contributed by atoms with Crippen molar-refractivity contribution < 1.29 is 19.5 Å². The molecule has 3 atom stereocenters. The third-order valence-corrected chi connectivity index (χ3v) is 4.80. The number of carbonyl (C=O) groups excluding carboxylic acids is 2. The zero-order valence-corrected chi connectivity index (χ0v) is 18.4. The average Bonchev–Trinajstić information content (AvgIpc) is 2.54. The van der Waals surface area contributed by atoms with E-state index in [0.29, 0.717) is 18.8 Å². The van der Waals surface area contributed by atoms with Crippen molar-refractivity contribution in [2.75, 3.05) is 21.1 Å². The third kappa shape index (κ3) is 7.48. The monoisotopic (exact) mass is 385 g/mol. The standard InChI is InChI=1S/C20H39N3O4/c1-12(2)10-15(21-7)18(24)22(8)16(11-13(3)4)19(25)23(9)17(14(5)6)20(26)27/h12-17,21H,10-11H2,1-9H3,(H,26,27)/t15-,16-,17-/m0/s1. The maximum Gasteiger partial charge on any atom is 0.326 e. The van der Waals surface area contributed by atoms with E-state index in [1.54, 1.807) is 27.9 Å². The van der Waals surface area contributed by atoms with Crippen LogP contribution >= 0.6 is 0 Å². The lowest BCUT2D eigenvalue weighted by molar-refractivity contribution is -0.155. The molecule has 158 valence electrons. The first-order valence-corrected chi connectivity index (χ1v) is 9.78. The fourth-order valence-corrected chi connectivity index (χ4v) is 3.35. The Balaban J connectivity index is 5.66. The molecule has 7 heteroatoms. The second-order valence-corrected chi connectivity index (χ2v) is 8.54. The van der Waals surface area contributed by atoms with Crippen LogP contribution < -0.4 is 5.32 Å². The summed E-state index contributed by atoms with van der Waals surface area (Å²) in [7, 11) is 4.89. The Morgan fingerprint density at radius 2 is 1.33 bits per heavy atom. The first-order valence-electron chi connectivity index (χ1n) is 9.78. The van der Waals surface area contributed by atoms with E-state index < -0.39 is 18.1 Å². The lowest BCUT2D eigenvalue weighted by Crippen LogP contribution is -2.57. The van der Waals surface area contributed by atoms with Gasteiger partial charge in [-0.05, 0) is 37.6 Å². The van der Waals surface area contributed by atoms with Crippen LogP contribution in [-0.4, -0.2) is 72.0 Å². The van der Waals surface area contributed by atoms with Gasteiger partial charge in [-0.25, -0.2) is 4.79 Å². The lowest BCUT2D eigenvalue weighted by Gasteiger charge is -2.36. The molecule has 0 aliphatic heterocycles. The highest BCUT2D eigenvalue weighted by atomic mass is 16.4. The van der Waals surface area contributed by atoms with Gasteiger partial charge in [-0.15, -0.1) is 0 Å². The first kappa shape index (κ1) is 25.4. The van der Waals surface area contributed by atoms with Gasteiger partial charge in [-0.2, -0.15) is 0 Å². The summed E-state index contributed by atoms with van der Waals surface area (Å²) in [6, 6.07) is -1.99. The summed E-state index contributed by atoms with van der Waals surface area (Å²) < 4.78 is 0. The predicted molar refractivity (Wildman–Crippen MR) is 107 cm³/mol. The minimum atomic E-state index is -1.04. The van der Waals surface area contributed by atoms with Crippen LogP contribution in [0, 0.1) is 17.8 Å². The molecule has 0 aromatic heterocycles. The van der Waals surface area contributed by atoms with Gasteiger partial charge in [-0.3, -0.25) is 9.59 Å². The number of aliphatic carboxylic acids is 1. The van der Waals surface area contributed by atoms with Crippen LogP contribution in [0.1, 0.15) is 54.4 Å². The van der Waals surface area contributed by atoms with Crippen molar-refractivity contribution in [1.82, 2.24) is 15.1 Å². The minimum absolute atomic E-state index is 0.143. The molecule has 0 aliphatic carbocycles. The maximum absolute atomic E-state index is 13.2. The van der Waals surface area contributed by atoms with Crippen molar-refractivity contribution in [3.05, 3.63) is 0 Å². The van der Waals surface area contributed by atoms with Crippen LogP contribution in [0.2, 0.25) is 0 Å². The number of nitrogens with zero attached hydrogens (tertiary/aromatic N) is 2. The third-order valence-electron chi connectivity index (χ3n) is 4.80. The molecule has 0 aromatic rings. The van der Waals surface area contributed by atoms with Crippen LogP contribution in [0.4, 0.5) is 0 Å². The van der Waals surface area contributed by atoms with Crippen molar-refractivity contribution in [1.29, 1.82) is 0 Å². The Morgan fingerprint density at radius 1 is 0.852 bits per heavy atom. The number of amides is 2. The summed E-state index contributed by atoms with van der Waals surface area (Å²) >= 11 is 0. The SMILES string of the molecule is CN[C@@H](CC(C)C)C(=O)N(C)[C@@H](CC(C)C)C(=O)N(C)[C@H](C(=O)O)C(C)C. The maximum atomic E-state index is 13.2. The zero-order valence-electron chi connectivity index (χ0n) is 18.4. The van der Waals surface area contributed by atoms with Gasteiger partial charge in [0.25, 0.3) is 0 Å². The average molecular weight is 386 g/mol. The van der Waals surface area contributed by atoms with E-state index >= 15 is 0 Å². The lowest BCUT2D eigenvalue weighted by atomic mass is 9.97. The molecule has 2 N–H and O–H groups in total. The first-order chi connectivity index (χ1) is 12.3. The molecule has 0 radical (unpaired) electrons. The van der Waals surface area contributed by atoms with E-state index in [2.05, 4.69) is 5.32 Å². The van der Waals surface area contributed by atoms with E-state index in [-0.39, 0.29) is 29.7 Å². The Bertz CT molecular complexity index is 505. The van der Waals surface area contributed by atoms with Crippen LogP contribution in [0.3, 0.4) is 0 Å². The van der Waals surface area contributed by atoms with Crippen molar-refractivity contribution in [2.24, 2.45) is 17.8 Å². The zero-order chi connectivity index (χ0) is 21.5. The largest absolute Gasteiger partial charge is 0.480 e. The molecule has 2 amide bonds. The van der Waals surface area contributed by atoms with Crippen LogP contribution in [0.15, 0.2) is 0 Å². The summed E-state index contributed by atoms with van der Waals surface area (Å²) in [5.74, 6) is -1.23. The topological polar surface area (TPSA) is 90.0 Å². The molecule has 0 saturated carbocycles. The molecule has 0 bridgehead atoms. The molecule has 0 heterocycles. The Morgan fingerprint density at radius 3 is 1.67 bits per heavy atom. The second-order valence-electron chi connectivity index (χ2n) is 8.54. The van der Waals surface area contributed by atoms with Crippen molar-refractivity contribution in [3.63, 3.8) is 0 Å². The fourth-order valence-electron chi connectivity index (χ4n) is 3.35. The summed E-state index contributed by atoms with van der Waals surface area (Å²) in [5.41, 5.74) is 0. The van der Waals surface area contributed by atoms with E-state index in [0.717, 1.165) is 0 Å². The van der Waals surface area contributed by atoms with Crippen LogP contribution in [0.25, 0.3) is 0 Å². The number of hydrogen-bond acceptors (Lipinski definition) is 4. The summed E-state index contributed by atoms with van der Waals surface area (Å²) in [5, 5.41) is 12.6. The molecule has 0 aromatic carbocycles. The predicted octanol–water partition coefficient (Wildman–Crippen LogP) is 2.06. The van der Waals surface area contributed by atoms with Crippen LogP contribution in [-0.2, 0) is 14.4 Å². The highest BCUT2D eigenvalue weighted by Crippen LogP contribution is 2.19. The van der Waals surface area contributed by atoms with Crippen molar-refractivity contribution >= 4 is 17.8 Å². The van der Waals surface area contributed by atoms with Gasteiger partial charge in [0.15, 0.2) is 0 Å². The van der Waals surface area contributed by atoms with Crippen molar-refractivity contribution in [3.8, 4) is 0 Å². The van der Waals surface area contributed by atoms with Gasteiger partial charge in [0.05, 0.1) is 6.04 Å². The van der Waals surface area contributed by atoms with Gasteiger partial charge in [0, 0.05) is 14.1 Å². The fraction of sp³-hybridized carbons (Fsp3) is 0.850. The molecular weight excluding hydrogens is 346 g/mol. The molecule has 27 heavy (non-hydrogen) atoms. The van der Waals surface area contributed by atoms with E-state index in [9.17, 15) is 19.5 Å². The highest BCUT2D eigenvalue weighted by Gasteiger charge is 2.37. The van der Waals surface area contributed by atoms with E-state index in [1.807, 2.05) is 27.7 Å².